The van der Waals surface area contributed by atoms with Crippen molar-refractivity contribution in [2.75, 3.05) is 18.1 Å². The van der Waals surface area contributed by atoms with Crippen LogP contribution in [0.2, 0.25) is 5.02 Å². The molecule has 1 aromatic carbocycles. The summed E-state index contributed by atoms with van der Waals surface area (Å²) in [5, 5.41) is 0.565. The largest absolute Gasteiger partial charge is 0.489 e. The Kier molecular flexibility index (Phi) is 3.47. The zero-order chi connectivity index (χ0) is 16.1. The van der Waals surface area contributed by atoms with Crippen molar-refractivity contribution in [3.8, 4) is 5.75 Å². The average molecular weight is 333 g/mol. The lowest BCUT2D eigenvalue weighted by molar-refractivity contribution is -0.121. The summed E-state index contributed by atoms with van der Waals surface area (Å²) >= 11 is 6.08. The second kappa shape index (κ2) is 5.08. The van der Waals surface area contributed by atoms with Crippen molar-refractivity contribution < 1.29 is 17.9 Å². The minimum absolute atomic E-state index is 0.109. The average Bonchev–Trinajstić information content (AvgIpc) is 2.39. The highest BCUT2D eigenvalue weighted by Gasteiger charge is 2.36. The molecule has 0 amide bonds. The van der Waals surface area contributed by atoms with E-state index < -0.39 is 18.8 Å². The van der Waals surface area contributed by atoms with Gasteiger partial charge in [0.2, 0.25) is 5.56 Å². The second-order valence-electron chi connectivity index (χ2n) is 5.22. The van der Waals surface area contributed by atoms with Gasteiger partial charge in [-0.25, -0.2) is 0 Å². The number of nitrogens with zero attached hydrogens (tertiary/aromatic N) is 1. The first-order valence-corrected chi connectivity index (χ1v) is 6.96. The predicted octanol–water partition coefficient (Wildman–Crippen LogP) is 3.33. The highest BCUT2D eigenvalue weighted by atomic mass is 35.5. The number of benzene rings is 1. The number of halogens is 4. The van der Waals surface area contributed by atoms with Crippen LogP contribution in [0.25, 0.3) is 10.9 Å². The van der Waals surface area contributed by atoms with Crippen molar-refractivity contribution >= 4 is 28.2 Å². The number of nitrogens with one attached hydrogen (secondary N) is 1. The van der Waals surface area contributed by atoms with Crippen molar-refractivity contribution in [3.05, 3.63) is 33.6 Å². The van der Waals surface area contributed by atoms with Crippen LogP contribution in [0.15, 0.2) is 23.0 Å². The highest BCUT2D eigenvalue weighted by molar-refractivity contribution is 6.36. The Bertz CT molecular complexity index is 788. The van der Waals surface area contributed by atoms with Gasteiger partial charge in [-0.1, -0.05) is 11.6 Å². The molecular formula is C14H12ClF3N2O2. The Labute approximate surface area is 128 Å². The van der Waals surface area contributed by atoms with E-state index in [0.29, 0.717) is 16.6 Å². The van der Waals surface area contributed by atoms with Gasteiger partial charge in [0.05, 0.1) is 27.7 Å². The van der Waals surface area contributed by atoms with Gasteiger partial charge in [0.25, 0.3) is 0 Å². The minimum atomic E-state index is -4.33. The lowest BCUT2D eigenvalue weighted by atomic mass is 10.1. The number of fused-ring (bicyclic) bond motifs is 3. The molecule has 1 N–H and O–H groups in total. The van der Waals surface area contributed by atoms with E-state index >= 15 is 0 Å². The number of aromatic nitrogens is 1. The molecule has 118 valence electrons. The number of alkyl halides is 3. The maximum Gasteiger partial charge on any atom is 0.405 e. The lowest BCUT2D eigenvalue weighted by Crippen LogP contribution is -2.46. The van der Waals surface area contributed by atoms with E-state index in [0.717, 1.165) is 0 Å². The summed E-state index contributed by atoms with van der Waals surface area (Å²) in [7, 11) is 0. The number of aromatic amines is 1. The standard InChI is InChI=1S/C14H12ClF3N2O2/c1-7-5-22-13-10(20(7)6-14(16,17)18)3-2-9-12(13)8(15)4-11(21)19-9/h2-4,7H,5-6H2,1H3,(H,19,21). The molecule has 1 unspecified atom stereocenters. The lowest BCUT2D eigenvalue weighted by Gasteiger charge is -2.37. The van der Waals surface area contributed by atoms with E-state index in [9.17, 15) is 18.0 Å². The van der Waals surface area contributed by atoms with Crippen molar-refractivity contribution in [1.82, 2.24) is 4.98 Å². The van der Waals surface area contributed by atoms with Gasteiger partial charge in [-0.2, -0.15) is 13.2 Å². The first-order valence-electron chi connectivity index (χ1n) is 6.58. The zero-order valence-corrected chi connectivity index (χ0v) is 12.3. The third-order valence-corrected chi connectivity index (χ3v) is 3.85. The molecular weight excluding hydrogens is 321 g/mol. The van der Waals surface area contributed by atoms with Crippen LogP contribution in [0, 0.1) is 0 Å². The first-order chi connectivity index (χ1) is 10.3. The van der Waals surface area contributed by atoms with Gasteiger partial charge in [0, 0.05) is 6.07 Å². The van der Waals surface area contributed by atoms with Gasteiger partial charge in [-0.05, 0) is 19.1 Å². The highest BCUT2D eigenvalue weighted by Crippen LogP contribution is 2.42. The summed E-state index contributed by atoms with van der Waals surface area (Å²) in [5.41, 5.74) is 0.365. The molecule has 0 radical (unpaired) electrons. The van der Waals surface area contributed by atoms with Crippen LogP contribution in [-0.2, 0) is 0 Å². The number of hydrogen-bond acceptors (Lipinski definition) is 3. The van der Waals surface area contributed by atoms with Crippen LogP contribution in [0.4, 0.5) is 18.9 Å². The number of anilines is 1. The molecule has 1 aromatic heterocycles. The summed E-state index contributed by atoms with van der Waals surface area (Å²) in [5.74, 6) is 0.265. The van der Waals surface area contributed by atoms with E-state index in [1.54, 1.807) is 6.92 Å². The summed E-state index contributed by atoms with van der Waals surface area (Å²) in [4.78, 5) is 15.3. The number of rotatable bonds is 1. The quantitative estimate of drug-likeness (QED) is 0.871. The molecule has 4 nitrogen and oxygen atoms in total. The molecule has 2 heterocycles. The molecule has 0 aliphatic carbocycles. The number of ether oxygens (including phenoxy) is 1. The fraction of sp³-hybridized carbons (Fsp3) is 0.357. The van der Waals surface area contributed by atoms with Crippen LogP contribution in [0.5, 0.6) is 5.75 Å². The maximum absolute atomic E-state index is 12.8. The van der Waals surface area contributed by atoms with Gasteiger partial charge < -0.3 is 14.6 Å². The molecule has 1 aliphatic heterocycles. The van der Waals surface area contributed by atoms with Gasteiger partial charge in [-0.3, -0.25) is 4.79 Å². The Morgan fingerprint density at radius 3 is 2.86 bits per heavy atom. The van der Waals surface area contributed by atoms with E-state index in [1.807, 2.05) is 0 Å². The fourth-order valence-electron chi connectivity index (χ4n) is 2.61. The molecule has 0 fully saturated rings. The van der Waals surface area contributed by atoms with Gasteiger partial charge in [-0.15, -0.1) is 0 Å². The number of pyridine rings is 1. The zero-order valence-electron chi connectivity index (χ0n) is 11.5. The van der Waals surface area contributed by atoms with Crippen molar-refractivity contribution in [2.24, 2.45) is 0 Å². The monoisotopic (exact) mass is 332 g/mol. The second-order valence-corrected chi connectivity index (χ2v) is 5.63. The molecule has 2 aromatic rings. The normalized spacial score (nSPS) is 18.2. The first kappa shape index (κ1) is 15.0. The SMILES string of the molecule is CC1COc2c(ccc3[nH]c(=O)cc(Cl)c23)N1CC(F)(F)F. The topological polar surface area (TPSA) is 45.3 Å². The van der Waals surface area contributed by atoms with Crippen molar-refractivity contribution in [1.29, 1.82) is 0 Å². The molecule has 1 atom stereocenters. The molecule has 22 heavy (non-hydrogen) atoms. The van der Waals surface area contributed by atoms with Crippen LogP contribution in [0.3, 0.4) is 0 Å². The van der Waals surface area contributed by atoms with Gasteiger partial charge in [0.15, 0.2) is 5.75 Å². The number of hydrogen-bond donors (Lipinski definition) is 1. The molecule has 0 spiro atoms. The smallest absolute Gasteiger partial charge is 0.405 e. The molecule has 0 saturated heterocycles. The van der Waals surface area contributed by atoms with Crippen LogP contribution < -0.4 is 15.2 Å². The van der Waals surface area contributed by atoms with Crippen LogP contribution >= 0.6 is 11.6 Å². The van der Waals surface area contributed by atoms with Crippen molar-refractivity contribution in [2.45, 2.75) is 19.1 Å². The molecule has 0 bridgehead atoms. The third-order valence-electron chi connectivity index (χ3n) is 3.55. The number of H-pyrrole nitrogens is 1. The predicted molar refractivity (Wildman–Crippen MR) is 77.9 cm³/mol. The Morgan fingerprint density at radius 2 is 2.18 bits per heavy atom. The van der Waals surface area contributed by atoms with Gasteiger partial charge >= 0.3 is 6.18 Å². The van der Waals surface area contributed by atoms with E-state index in [-0.39, 0.29) is 22.9 Å². The molecule has 0 saturated carbocycles. The minimum Gasteiger partial charge on any atom is -0.489 e. The Balaban J connectivity index is 2.20. The summed E-state index contributed by atoms with van der Waals surface area (Å²) < 4.78 is 44.0. The van der Waals surface area contributed by atoms with Crippen molar-refractivity contribution in [3.63, 3.8) is 0 Å². The van der Waals surface area contributed by atoms with E-state index in [4.69, 9.17) is 16.3 Å². The van der Waals surface area contributed by atoms with Crippen LogP contribution in [-0.4, -0.2) is 30.4 Å². The Morgan fingerprint density at radius 1 is 1.45 bits per heavy atom. The molecule has 8 heteroatoms. The van der Waals surface area contributed by atoms with Crippen LogP contribution in [0.1, 0.15) is 6.92 Å². The Hall–Kier alpha value is -1.89. The summed E-state index contributed by atoms with van der Waals surface area (Å²) in [6.45, 7) is 0.696. The summed E-state index contributed by atoms with van der Waals surface area (Å²) in [6.07, 6.45) is -4.33. The fourth-order valence-corrected chi connectivity index (χ4v) is 2.89. The van der Waals surface area contributed by atoms with E-state index in [2.05, 4.69) is 4.98 Å². The molecule has 3 rings (SSSR count). The van der Waals surface area contributed by atoms with E-state index in [1.165, 1.54) is 23.1 Å². The third kappa shape index (κ3) is 2.61. The molecule has 1 aliphatic rings. The van der Waals surface area contributed by atoms with Gasteiger partial charge in [0.1, 0.15) is 13.2 Å². The maximum atomic E-state index is 12.8. The summed E-state index contributed by atoms with van der Waals surface area (Å²) in [6, 6.07) is 3.80.